The molecule has 0 bridgehead atoms. The van der Waals surface area contributed by atoms with Gasteiger partial charge in [-0.15, -0.1) is 0 Å². The molecule has 1 heterocycles. The van der Waals surface area contributed by atoms with E-state index < -0.39 is 0 Å². The van der Waals surface area contributed by atoms with Gasteiger partial charge in [-0.2, -0.15) is 0 Å². The van der Waals surface area contributed by atoms with Crippen LogP contribution in [0.1, 0.15) is 32.7 Å². The Morgan fingerprint density at radius 2 is 1.82 bits per heavy atom. The average Bonchev–Trinajstić information content (AvgIpc) is 2.73. The maximum Gasteiger partial charge on any atom is 0.338 e. The molecule has 0 saturated heterocycles. The second-order valence-electron chi connectivity index (χ2n) is 6.35. The molecule has 0 N–H and O–H groups in total. The molecule has 144 valence electrons. The van der Waals surface area contributed by atoms with Gasteiger partial charge in [-0.1, -0.05) is 36.4 Å². The zero-order chi connectivity index (χ0) is 19.8. The van der Waals surface area contributed by atoms with E-state index in [2.05, 4.69) is 4.98 Å². The third kappa shape index (κ3) is 5.18. The topological polar surface area (TPSA) is 57.7 Å². The molecular formula is C23H23NO4. The molecule has 0 amide bonds. The molecule has 0 aliphatic heterocycles. The van der Waals surface area contributed by atoms with Gasteiger partial charge >= 0.3 is 5.97 Å². The highest BCUT2D eigenvalue weighted by atomic mass is 16.5. The largest absolute Gasteiger partial charge is 0.489 e. The number of aryl methyl sites for hydroxylation is 1. The Morgan fingerprint density at radius 3 is 2.61 bits per heavy atom. The summed E-state index contributed by atoms with van der Waals surface area (Å²) in [5.74, 6) is 0.365. The monoisotopic (exact) mass is 377 g/mol. The highest BCUT2D eigenvalue weighted by molar-refractivity contribution is 5.92. The maximum atomic E-state index is 12.1. The third-order valence-corrected chi connectivity index (χ3v) is 4.29. The van der Waals surface area contributed by atoms with Crippen LogP contribution in [0.3, 0.4) is 0 Å². The first kappa shape index (κ1) is 19.6. The number of carbonyl (C=O) groups is 1. The Labute approximate surface area is 164 Å². The minimum absolute atomic E-state index is 0.282. The number of esters is 1. The Kier molecular flexibility index (Phi) is 6.76. The lowest BCUT2D eigenvalue weighted by molar-refractivity contribution is 0.0597. The van der Waals surface area contributed by atoms with E-state index in [1.54, 1.807) is 6.20 Å². The first-order chi connectivity index (χ1) is 13.7. The van der Waals surface area contributed by atoms with Crippen LogP contribution in [0.4, 0.5) is 0 Å². The Morgan fingerprint density at radius 1 is 0.964 bits per heavy atom. The number of nitrogens with zero attached hydrogens (tertiary/aromatic N) is 1. The van der Waals surface area contributed by atoms with Gasteiger partial charge in [-0.25, -0.2) is 4.79 Å². The summed E-state index contributed by atoms with van der Waals surface area (Å²) in [6.07, 6.45) is 1.75. The molecule has 28 heavy (non-hydrogen) atoms. The first-order valence-electron chi connectivity index (χ1n) is 9.03. The van der Waals surface area contributed by atoms with Gasteiger partial charge in [0, 0.05) is 11.8 Å². The van der Waals surface area contributed by atoms with Crippen molar-refractivity contribution < 1.29 is 19.0 Å². The van der Waals surface area contributed by atoms with Crippen LogP contribution in [0.2, 0.25) is 0 Å². The van der Waals surface area contributed by atoms with Gasteiger partial charge in [0.2, 0.25) is 0 Å². The minimum Gasteiger partial charge on any atom is -0.489 e. The molecule has 2 aromatic carbocycles. The van der Waals surface area contributed by atoms with Crippen molar-refractivity contribution in [3.63, 3.8) is 0 Å². The summed E-state index contributed by atoms with van der Waals surface area (Å²) < 4.78 is 16.5. The first-order valence-corrected chi connectivity index (χ1v) is 9.03. The van der Waals surface area contributed by atoms with Gasteiger partial charge in [0.25, 0.3) is 0 Å². The van der Waals surface area contributed by atoms with Crippen molar-refractivity contribution in [1.82, 2.24) is 4.98 Å². The molecule has 1 aromatic heterocycles. The number of ether oxygens (including phenoxy) is 3. The molecule has 0 unspecified atom stereocenters. The van der Waals surface area contributed by atoms with Crippen molar-refractivity contribution in [2.24, 2.45) is 0 Å². The summed E-state index contributed by atoms with van der Waals surface area (Å²) in [5, 5.41) is 0. The molecular weight excluding hydrogens is 354 g/mol. The predicted octanol–water partition coefficient (Wildman–Crippen LogP) is 4.47. The zero-order valence-electron chi connectivity index (χ0n) is 16.1. The third-order valence-electron chi connectivity index (χ3n) is 4.29. The van der Waals surface area contributed by atoms with E-state index >= 15 is 0 Å². The van der Waals surface area contributed by atoms with Crippen molar-refractivity contribution in [2.45, 2.75) is 26.7 Å². The standard InChI is InChI=1S/C23H23NO4/c1-17-7-5-9-19(22(17)23(25)26-2)15-28-21-11-6-8-18(13-21)14-27-16-20-10-3-4-12-24-20/h3-13H,14-16H2,1-2H3. The number of hydrogen-bond donors (Lipinski definition) is 0. The lowest BCUT2D eigenvalue weighted by Gasteiger charge is -2.13. The van der Waals surface area contributed by atoms with Gasteiger partial charge < -0.3 is 14.2 Å². The van der Waals surface area contributed by atoms with Crippen LogP contribution in [0.15, 0.2) is 66.9 Å². The SMILES string of the molecule is COC(=O)c1c(C)cccc1COc1cccc(COCc2ccccn2)c1. The second-order valence-corrected chi connectivity index (χ2v) is 6.35. The van der Waals surface area contributed by atoms with E-state index in [9.17, 15) is 4.79 Å². The molecule has 0 aliphatic rings. The number of methoxy groups -OCH3 is 1. The maximum absolute atomic E-state index is 12.1. The molecule has 3 rings (SSSR count). The van der Waals surface area contributed by atoms with Gasteiger partial charge in [0.05, 0.1) is 31.6 Å². The molecule has 0 spiro atoms. The van der Waals surface area contributed by atoms with Crippen LogP contribution in [0.25, 0.3) is 0 Å². The molecule has 3 aromatic rings. The Bertz CT molecular complexity index is 925. The minimum atomic E-state index is -0.353. The quantitative estimate of drug-likeness (QED) is 0.542. The van der Waals surface area contributed by atoms with Crippen LogP contribution in [0, 0.1) is 6.92 Å². The number of carbonyl (C=O) groups excluding carboxylic acids is 1. The average molecular weight is 377 g/mol. The highest BCUT2D eigenvalue weighted by Crippen LogP contribution is 2.20. The van der Waals surface area contributed by atoms with E-state index in [-0.39, 0.29) is 12.6 Å². The van der Waals surface area contributed by atoms with Crippen LogP contribution in [-0.2, 0) is 29.3 Å². The van der Waals surface area contributed by atoms with Crippen LogP contribution >= 0.6 is 0 Å². The molecule has 0 aliphatic carbocycles. The number of benzene rings is 2. The summed E-state index contributed by atoms with van der Waals surface area (Å²) in [5.41, 5.74) is 4.11. The molecule has 5 heteroatoms. The zero-order valence-corrected chi connectivity index (χ0v) is 16.1. The summed E-state index contributed by atoms with van der Waals surface area (Å²) in [4.78, 5) is 16.3. The molecule has 5 nitrogen and oxygen atoms in total. The molecule has 0 atom stereocenters. The normalized spacial score (nSPS) is 10.5. The van der Waals surface area contributed by atoms with Crippen LogP contribution in [0.5, 0.6) is 5.75 Å². The number of aromatic nitrogens is 1. The van der Waals surface area contributed by atoms with Crippen molar-refractivity contribution in [2.75, 3.05) is 7.11 Å². The van der Waals surface area contributed by atoms with Gasteiger partial charge in [-0.3, -0.25) is 4.98 Å². The fourth-order valence-corrected chi connectivity index (χ4v) is 2.89. The van der Waals surface area contributed by atoms with Crippen LogP contribution in [-0.4, -0.2) is 18.1 Å². The summed E-state index contributed by atoms with van der Waals surface area (Å²) in [7, 11) is 1.38. The van der Waals surface area contributed by atoms with E-state index in [0.717, 1.165) is 28.1 Å². The summed E-state index contributed by atoms with van der Waals surface area (Å²) in [6, 6.07) is 19.1. The lowest BCUT2D eigenvalue weighted by Crippen LogP contribution is -2.10. The molecule has 0 saturated carbocycles. The van der Waals surface area contributed by atoms with E-state index in [0.29, 0.717) is 18.8 Å². The fourth-order valence-electron chi connectivity index (χ4n) is 2.89. The van der Waals surface area contributed by atoms with Crippen LogP contribution < -0.4 is 4.74 Å². The Balaban J connectivity index is 1.61. The van der Waals surface area contributed by atoms with Crippen molar-refractivity contribution in [1.29, 1.82) is 0 Å². The summed E-state index contributed by atoms with van der Waals surface area (Å²) in [6.45, 7) is 3.09. The highest BCUT2D eigenvalue weighted by Gasteiger charge is 2.15. The number of pyridine rings is 1. The lowest BCUT2D eigenvalue weighted by atomic mass is 10.0. The van der Waals surface area contributed by atoms with Gasteiger partial charge in [0.15, 0.2) is 0 Å². The van der Waals surface area contributed by atoms with Crippen molar-refractivity contribution >= 4 is 5.97 Å². The van der Waals surface area contributed by atoms with Crippen molar-refractivity contribution in [3.05, 3.63) is 94.8 Å². The van der Waals surface area contributed by atoms with E-state index in [4.69, 9.17) is 14.2 Å². The van der Waals surface area contributed by atoms with E-state index in [1.165, 1.54) is 7.11 Å². The summed E-state index contributed by atoms with van der Waals surface area (Å²) >= 11 is 0. The Hall–Kier alpha value is -3.18. The van der Waals surface area contributed by atoms with E-state index in [1.807, 2.05) is 67.6 Å². The van der Waals surface area contributed by atoms with Gasteiger partial charge in [-0.05, 0) is 42.3 Å². The molecule has 0 fully saturated rings. The predicted molar refractivity (Wildman–Crippen MR) is 106 cm³/mol. The fraction of sp³-hybridized carbons (Fsp3) is 0.217. The molecule has 0 radical (unpaired) electrons. The number of rotatable bonds is 8. The smallest absolute Gasteiger partial charge is 0.338 e. The van der Waals surface area contributed by atoms with Gasteiger partial charge in [0.1, 0.15) is 12.4 Å². The second kappa shape index (κ2) is 9.67. The van der Waals surface area contributed by atoms with Crippen molar-refractivity contribution in [3.8, 4) is 5.75 Å². The number of hydrogen-bond acceptors (Lipinski definition) is 5.